The van der Waals surface area contributed by atoms with Crippen molar-refractivity contribution in [2.75, 3.05) is 11.9 Å². The van der Waals surface area contributed by atoms with Gasteiger partial charge in [0, 0.05) is 24.4 Å². The molecule has 4 aromatic rings. The molecule has 1 aliphatic rings. The molecular formula is C28H33N7O5S. The van der Waals surface area contributed by atoms with Crippen LogP contribution in [0.2, 0.25) is 0 Å². The van der Waals surface area contributed by atoms with Gasteiger partial charge in [-0.25, -0.2) is 28.3 Å². The number of nitrogens with one attached hydrogen (secondary N) is 2. The number of nitrogens with zero attached hydrogens (tertiary/aromatic N) is 4. The van der Waals surface area contributed by atoms with Crippen molar-refractivity contribution in [2.45, 2.75) is 63.3 Å². The molecule has 1 amide bonds. The number of sulfonamides is 1. The zero-order valence-electron chi connectivity index (χ0n) is 23.1. The third-order valence-corrected chi connectivity index (χ3v) is 7.29. The molecule has 4 N–H and O–H groups in total. The standard InChI is InChI=1S/C28H33N7O5S/c1-28(2,3)40-27(36)30-16-18-7-6-8-19(15-18)23-24-25(35(17-31-24)22-9-4-5-14-39-22)34-26(33-23)32-20-10-12-21(13-11-20)41(29,37)38/h6-8,10-13,15,17,22H,4-5,9,14,16H2,1-3H3,(H,30,36)(H2,29,37,38)(H,32,33,34). The Morgan fingerprint density at radius 2 is 1.93 bits per heavy atom. The summed E-state index contributed by atoms with van der Waals surface area (Å²) in [5.41, 5.74) is 3.41. The summed E-state index contributed by atoms with van der Waals surface area (Å²) in [5.74, 6) is 0.297. The number of fused-ring (bicyclic) bond motifs is 1. The van der Waals surface area contributed by atoms with Crippen molar-refractivity contribution < 1.29 is 22.7 Å². The van der Waals surface area contributed by atoms with Gasteiger partial charge in [-0.2, -0.15) is 4.98 Å². The molecule has 1 aliphatic heterocycles. The number of hydrogen-bond donors (Lipinski definition) is 3. The van der Waals surface area contributed by atoms with Crippen LogP contribution in [0.25, 0.3) is 22.4 Å². The monoisotopic (exact) mass is 579 g/mol. The van der Waals surface area contributed by atoms with Gasteiger partial charge in [0.25, 0.3) is 0 Å². The van der Waals surface area contributed by atoms with E-state index in [9.17, 15) is 13.2 Å². The maximum absolute atomic E-state index is 12.2. The summed E-state index contributed by atoms with van der Waals surface area (Å²) < 4.78 is 36.6. The number of imidazole rings is 1. The third-order valence-electron chi connectivity index (χ3n) is 6.36. The summed E-state index contributed by atoms with van der Waals surface area (Å²) in [5, 5.41) is 11.2. The summed E-state index contributed by atoms with van der Waals surface area (Å²) >= 11 is 0. The van der Waals surface area contributed by atoms with Crippen LogP contribution in [0.3, 0.4) is 0 Å². The number of amides is 1. The van der Waals surface area contributed by atoms with Crippen molar-refractivity contribution in [1.29, 1.82) is 0 Å². The molecule has 1 saturated heterocycles. The predicted octanol–water partition coefficient (Wildman–Crippen LogP) is 4.61. The van der Waals surface area contributed by atoms with Gasteiger partial charge in [-0.15, -0.1) is 0 Å². The molecule has 1 atom stereocenters. The minimum atomic E-state index is -3.82. The number of alkyl carbamates (subject to hydrolysis) is 1. The Morgan fingerprint density at radius 1 is 1.15 bits per heavy atom. The van der Waals surface area contributed by atoms with E-state index in [1.165, 1.54) is 12.1 Å². The van der Waals surface area contributed by atoms with Crippen LogP contribution in [0.4, 0.5) is 16.4 Å². The summed E-state index contributed by atoms with van der Waals surface area (Å²) in [7, 11) is -3.82. The Bertz CT molecular complexity index is 1660. The molecule has 1 fully saturated rings. The Hall–Kier alpha value is -4.07. The Labute approximate surface area is 238 Å². The maximum Gasteiger partial charge on any atom is 0.407 e. The SMILES string of the molecule is CC(C)(C)OC(=O)NCc1cccc(-c2nc(Nc3ccc(S(N)(=O)=O)cc3)nc3c2ncn3C2CCCCO2)c1. The molecule has 2 aromatic carbocycles. The minimum Gasteiger partial charge on any atom is -0.444 e. The molecule has 41 heavy (non-hydrogen) atoms. The van der Waals surface area contributed by atoms with E-state index in [0.29, 0.717) is 35.1 Å². The normalized spacial score (nSPS) is 16.0. The lowest BCUT2D eigenvalue weighted by Crippen LogP contribution is -2.32. The van der Waals surface area contributed by atoms with E-state index < -0.39 is 21.7 Å². The van der Waals surface area contributed by atoms with Gasteiger partial charge in [0.1, 0.15) is 23.0 Å². The average molecular weight is 580 g/mol. The highest BCUT2D eigenvalue weighted by Gasteiger charge is 2.22. The van der Waals surface area contributed by atoms with E-state index in [4.69, 9.17) is 24.6 Å². The number of benzene rings is 2. The van der Waals surface area contributed by atoms with Crippen molar-refractivity contribution in [3.63, 3.8) is 0 Å². The molecule has 12 nitrogen and oxygen atoms in total. The molecule has 0 bridgehead atoms. The lowest BCUT2D eigenvalue weighted by atomic mass is 10.1. The summed E-state index contributed by atoms with van der Waals surface area (Å²) in [6.45, 7) is 6.36. The number of primary sulfonamides is 1. The van der Waals surface area contributed by atoms with Crippen molar-refractivity contribution in [1.82, 2.24) is 24.8 Å². The predicted molar refractivity (Wildman–Crippen MR) is 154 cm³/mol. The highest BCUT2D eigenvalue weighted by Crippen LogP contribution is 2.32. The van der Waals surface area contributed by atoms with Gasteiger partial charge >= 0.3 is 6.09 Å². The van der Waals surface area contributed by atoms with Gasteiger partial charge in [0.15, 0.2) is 5.65 Å². The lowest BCUT2D eigenvalue weighted by molar-refractivity contribution is -0.0298. The second-order valence-corrected chi connectivity index (χ2v) is 12.4. The molecule has 0 radical (unpaired) electrons. The molecule has 3 heterocycles. The summed E-state index contributed by atoms with van der Waals surface area (Å²) in [4.78, 5) is 26.4. The first-order valence-corrected chi connectivity index (χ1v) is 14.8. The van der Waals surface area contributed by atoms with Crippen LogP contribution in [0, 0.1) is 0 Å². The molecule has 1 unspecified atom stereocenters. The fraction of sp³-hybridized carbons (Fsp3) is 0.357. The fourth-order valence-electron chi connectivity index (χ4n) is 4.50. The van der Waals surface area contributed by atoms with Gasteiger partial charge < -0.3 is 20.1 Å². The zero-order chi connectivity index (χ0) is 29.2. The number of hydrogen-bond acceptors (Lipinski definition) is 9. The number of aromatic nitrogens is 4. The first-order chi connectivity index (χ1) is 19.5. The highest BCUT2D eigenvalue weighted by atomic mass is 32.2. The van der Waals surface area contributed by atoms with Crippen molar-refractivity contribution in [2.24, 2.45) is 5.14 Å². The first-order valence-electron chi connectivity index (χ1n) is 13.3. The first kappa shape index (κ1) is 28.5. The van der Waals surface area contributed by atoms with Crippen LogP contribution in [-0.2, 0) is 26.0 Å². The minimum absolute atomic E-state index is 0.00411. The van der Waals surface area contributed by atoms with Crippen molar-refractivity contribution in [3.05, 3.63) is 60.4 Å². The second-order valence-electron chi connectivity index (χ2n) is 10.8. The molecular weight excluding hydrogens is 546 g/mol. The Balaban J connectivity index is 1.50. The summed E-state index contributed by atoms with van der Waals surface area (Å²) in [6, 6.07) is 13.7. The molecule has 0 spiro atoms. The molecule has 2 aromatic heterocycles. The third kappa shape index (κ3) is 6.99. The van der Waals surface area contributed by atoms with Crippen LogP contribution in [-0.4, -0.2) is 46.2 Å². The number of nitrogens with two attached hydrogens (primary N) is 1. The maximum atomic E-state index is 12.2. The number of carbonyl (C=O) groups excluding carboxylic acids is 1. The van der Waals surface area contributed by atoms with E-state index in [-0.39, 0.29) is 17.7 Å². The van der Waals surface area contributed by atoms with Crippen LogP contribution < -0.4 is 15.8 Å². The molecule has 216 valence electrons. The number of anilines is 2. The van der Waals surface area contributed by atoms with E-state index in [2.05, 4.69) is 15.6 Å². The van der Waals surface area contributed by atoms with E-state index in [0.717, 1.165) is 30.4 Å². The molecule has 5 rings (SSSR count). The van der Waals surface area contributed by atoms with Gasteiger partial charge in [-0.3, -0.25) is 4.57 Å². The highest BCUT2D eigenvalue weighted by molar-refractivity contribution is 7.89. The smallest absolute Gasteiger partial charge is 0.407 e. The van der Waals surface area contributed by atoms with Gasteiger partial charge in [-0.05, 0) is 75.9 Å². The van der Waals surface area contributed by atoms with Crippen LogP contribution >= 0.6 is 0 Å². The van der Waals surface area contributed by atoms with E-state index >= 15 is 0 Å². The number of rotatable bonds is 7. The molecule has 0 aliphatic carbocycles. The van der Waals surface area contributed by atoms with Crippen molar-refractivity contribution in [3.8, 4) is 11.3 Å². The van der Waals surface area contributed by atoms with Gasteiger partial charge in [0.2, 0.25) is 16.0 Å². The fourth-order valence-corrected chi connectivity index (χ4v) is 5.02. The largest absolute Gasteiger partial charge is 0.444 e. The molecule has 0 saturated carbocycles. The zero-order valence-corrected chi connectivity index (χ0v) is 23.9. The van der Waals surface area contributed by atoms with Crippen LogP contribution in [0.15, 0.2) is 59.8 Å². The van der Waals surface area contributed by atoms with Crippen LogP contribution in [0.1, 0.15) is 51.8 Å². The second kappa shape index (κ2) is 11.4. The van der Waals surface area contributed by atoms with Crippen molar-refractivity contribution >= 4 is 38.9 Å². The Morgan fingerprint density at radius 3 is 2.61 bits per heavy atom. The van der Waals surface area contributed by atoms with E-state index in [1.807, 2.05) is 49.6 Å². The topological polar surface area (TPSA) is 163 Å². The van der Waals surface area contributed by atoms with Gasteiger partial charge in [-0.1, -0.05) is 18.2 Å². The summed E-state index contributed by atoms with van der Waals surface area (Å²) in [6.07, 6.45) is 3.91. The van der Waals surface area contributed by atoms with Crippen LogP contribution in [0.5, 0.6) is 0 Å². The number of ether oxygens (including phenoxy) is 2. The lowest BCUT2D eigenvalue weighted by Gasteiger charge is -2.24. The van der Waals surface area contributed by atoms with E-state index in [1.54, 1.807) is 18.5 Å². The quantitative estimate of drug-likeness (QED) is 0.284. The average Bonchev–Trinajstić information content (AvgIpc) is 3.35. The Kier molecular flexibility index (Phi) is 7.93. The molecule has 13 heteroatoms. The van der Waals surface area contributed by atoms with Gasteiger partial charge in [0.05, 0.1) is 11.2 Å². The number of carbonyl (C=O) groups is 1.